The normalized spacial score (nSPS) is 24.1. The van der Waals surface area contributed by atoms with Crippen LogP contribution in [0.5, 0.6) is 0 Å². The van der Waals surface area contributed by atoms with E-state index in [1.54, 1.807) is 21.9 Å². The summed E-state index contributed by atoms with van der Waals surface area (Å²) < 4.78 is 0. The first-order valence-corrected chi connectivity index (χ1v) is 9.97. The molecule has 27 heavy (non-hydrogen) atoms. The van der Waals surface area contributed by atoms with Gasteiger partial charge in [-0.15, -0.1) is 0 Å². The largest absolute Gasteiger partial charge is 0.341 e. The van der Waals surface area contributed by atoms with E-state index in [1.165, 1.54) is 12.8 Å². The van der Waals surface area contributed by atoms with Gasteiger partial charge in [0.15, 0.2) is 0 Å². The summed E-state index contributed by atoms with van der Waals surface area (Å²) in [7, 11) is 0. The highest BCUT2D eigenvalue weighted by Crippen LogP contribution is 2.44. The molecule has 1 unspecified atom stereocenters. The van der Waals surface area contributed by atoms with Crippen molar-refractivity contribution in [1.29, 1.82) is 0 Å². The number of rotatable bonds is 6. The average Bonchev–Trinajstić information content (AvgIpc) is 3.42. The van der Waals surface area contributed by atoms with Crippen molar-refractivity contribution in [2.75, 3.05) is 24.5 Å². The van der Waals surface area contributed by atoms with Gasteiger partial charge in [0.1, 0.15) is 12.2 Å². The summed E-state index contributed by atoms with van der Waals surface area (Å²) in [4.78, 5) is 44.1. The number of nitrogens with zero attached hydrogens (tertiary/aromatic N) is 3. The average molecular weight is 369 g/mol. The predicted molar refractivity (Wildman–Crippen MR) is 102 cm³/mol. The molecule has 0 radical (unpaired) electrons. The summed E-state index contributed by atoms with van der Waals surface area (Å²) in [6.45, 7) is 5.50. The fraction of sp³-hybridized carbons (Fsp3) is 0.571. The highest BCUT2D eigenvalue weighted by Gasteiger charge is 2.53. The van der Waals surface area contributed by atoms with Crippen LogP contribution >= 0.6 is 0 Å². The van der Waals surface area contributed by atoms with Crippen LogP contribution in [0.4, 0.5) is 5.69 Å². The molecule has 1 aromatic rings. The van der Waals surface area contributed by atoms with Crippen LogP contribution < -0.4 is 4.90 Å². The lowest BCUT2D eigenvalue weighted by atomic mass is 9.98. The number of fused-ring (bicyclic) bond motifs is 3. The molecular formula is C21H27N3O3. The number of hydrogen-bond donors (Lipinski definition) is 0. The van der Waals surface area contributed by atoms with E-state index in [-0.39, 0.29) is 24.3 Å². The lowest BCUT2D eigenvalue weighted by molar-refractivity contribution is -0.133. The zero-order valence-corrected chi connectivity index (χ0v) is 16.1. The van der Waals surface area contributed by atoms with Crippen LogP contribution in [-0.4, -0.2) is 52.8 Å². The molecule has 2 heterocycles. The van der Waals surface area contributed by atoms with Gasteiger partial charge in [0, 0.05) is 19.5 Å². The second-order valence-electron chi connectivity index (χ2n) is 8.14. The van der Waals surface area contributed by atoms with Gasteiger partial charge in [0.2, 0.25) is 11.8 Å². The number of carbonyl (C=O) groups excluding carboxylic acids is 3. The molecule has 1 aliphatic carbocycles. The van der Waals surface area contributed by atoms with E-state index in [4.69, 9.17) is 0 Å². The highest BCUT2D eigenvalue weighted by molar-refractivity contribution is 6.11. The first kappa shape index (κ1) is 18.0. The van der Waals surface area contributed by atoms with Crippen molar-refractivity contribution in [3.8, 4) is 0 Å². The molecule has 6 heteroatoms. The van der Waals surface area contributed by atoms with E-state index in [9.17, 15) is 14.4 Å². The molecule has 1 aromatic carbocycles. The molecule has 4 rings (SSSR count). The third-order valence-electron chi connectivity index (χ3n) is 6.06. The van der Waals surface area contributed by atoms with E-state index < -0.39 is 5.66 Å². The van der Waals surface area contributed by atoms with Gasteiger partial charge >= 0.3 is 0 Å². The summed E-state index contributed by atoms with van der Waals surface area (Å²) in [6.07, 6.45) is 4.21. The maximum absolute atomic E-state index is 13.2. The third-order valence-corrected chi connectivity index (χ3v) is 6.06. The Hall–Kier alpha value is -2.37. The van der Waals surface area contributed by atoms with Gasteiger partial charge < -0.3 is 9.80 Å². The fourth-order valence-electron chi connectivity index (χ4n) is 4.38. The summed E-state index contributed by atoms with van der Waals surface area (Å²) >= 11 is 0. The molecule has 1 saturated carbocycles. The first-order valence-electron chi connectivity index (χ1n) is 9.97. The smallest absolute Gasteiger partial charge is 0.258 e. The SMILES string of the molecule is CCCN(CC1CC1)C(=O)CN1C(=O)c2ccccc2N2C(=O)CCC12C. The standard InChI is InChI=1S/C21H27N3O3/c1-3-12-22(13-15-8-9-15)19(26)14-23-20(27)16-6-4-5-7-17(16)24-18(25)10-11-21(23,24)2/h4-7,15H,3,8-14H2,1-2H3. The molecule has 0 aromatic heterocycles. The van der Waals surface area contributed by atoms with Gasteiger partial charge in [0.25, 0.3) is 5.91 Å². The molecule has 2 aliphatic heterocycles. The zero-order valence-electron chi connectivity index (χ0n) is 16.1. The van der Waals surface area contributed by atoms with Crippen LogP contribution in [0.2, 0.25) is 0 Å². The summed E-state index contributed by atoms with van der Waals surface area (Å²) in [6, 6.07) is 7.21. The van der Waals surface area contributed by atoms with Crippen molar-refractivity contribution < 1.29 is 14.4 Å². The molecule has 2 fully saturated rings. The minimum atomic E-state index is -0.768. The Kier molecular flexibility index (Phi) is 4.44. The van der Waals surface area contributed by atoms with Crippen LogP contribution in [0.15, 0.2) is 24.3 Å². The van der Waals surface area contributed by atoms with Crippen LogP contribution in [0, 0.1) is 5.92 Å². The Morgan fingerprint density at radius 3 is 2.70 bits per heavy atom. The topological polar surface area (TPSA) is 60.9 Å². The number of benzene rings is 1. The van der Waals surface area contributed by atoms with Gasteiger partial charge in [-0.1, -0.05) is 19.1 Å². The lowest BCUT2D eigenvalue weighted by Gasteiger charge is -2.48. The second-order valence-corrected chi connectivity index (χ2v) is 8.14. The molecule has 3 amide bonds. The van der Waals surface area contributed by atoms with Crippen LogP contribution in [-0.2, 0) is 9.59 Å². The second kappa shape index (κ2) is 6.66. The van der Waals surface area contributed by atoms with E-state index in [2.05, 4.69) is 6.92 Å². The Balaban J connectivity index is 1.64. The van der Waals surface area contributed by atoms with Crippen molar-refractivity contribution in [2.24, 2.45) is 5.92 Å². The molecule has 144 valence electrons. The number of carbonyl (C=O) groups is 3. The predicted octanol–water partition coefficient (Wildman–Crippen LogP) is 2.63. The Labute approximate surface area is 160 Å². The minimum absolute atomic E-state index is 0.0123. The van der Waals surface area contributed by atoms with Crippen LogP contribution in [0.3, 0.4) is 0 Å². The van der Waals surface area contributed by atoms with Crippen molar-refractivity contribution in [3.05, 3.63) is 29.8 Å². The van der Waals surface area contributed by atoms with Crippen LogP contribution in [0.1, 0.15) is 56.3 Å². The van der Waals surface area contributed by atoms with Crippen molar-refractivity contribution in [1.82, 2.24) is 9.80 Å². The minimum Gasteiger partial charge on any atom is -0.341 e. The van der Waals surface area contributed by atoms with E-state index in [0.717, 1.165) is 13.0 Å². The number of anilines is 1. The first-order chi connectivity index (χ1) is 13.0. The Morgan fingerprint density at radius 1 is 1.26 bits per heavy atom. The fourth-order valence-corrected chi connectivity index (χ4v) is 4.38. The van der Waals surface area contributed by atoms with Gasteiger partial charge in [0.05, 0.1) is 11.3 Å². The maximum atomic E-state index is 13.2. The molecule has 1 atom stereocenters. The third kappa shape index (κ3) is 3.01. The molecule has 1 saturated heterocycles. The van der Waals surface area contributed by atoms with Crippen molar-refractivity contribution >= 4 is 23.4 Å². The van der Waals surface area contributed by atoms with Gasteiger partial charge in [-0.3, -0.25) is 19.3 Å². The quantitative estimate of drug-likeness (QED) is 0.774. The van der Waals surface area contributed by atoms with E-state index >= 15 is 0 Å². The maximum Gasteiger partial charge on any atom is 0.258 e. The Bertz CT molecular complexity index is 789. The summed E-state index contributed by atoms with van der Waals surface area (Å²) in [5.41, 5.74) is 0.400. The lowest BCUT2D eigenvalue weighted by Crippen LogP contribution is -2.64. The van der Waals surface area contributed by atoms with E-state index in [0.29, 0.717) is 36.6 Å². The molecule has 6 nitrogen and oxygen atoms in total. The monoisotopic (exact) mass is 369 g/mol. The number of amides is 3. The van der Waals surface area contributed by atoms with Crippen molar-refractivity contribution in [2.45, 2.75) is 51.6 Å². The number of para-hydroxylation sites is 1. The highest BCUT2D eigenvalue weighted by atomic mass is 16.2. The van der Waals surface area contributed by atoms with Gasteiger partial charge in [-0.25, -0.2) is 0 Å². The molecule has 0 N–H and O–H groups in total. The Morgan fingerprint density at radius 2 is 2.00 bits per heavy atom. The van der Waals surface area contributed by atoms with Crippen LogP contribution in [0.25, 0.3) is 0 Å². The summed E-state index contributed by atoms with van der Waals surface area (Å²) in [5, 5.41) is 0. The molecular weight excluding hydrogens is 342 g/mol. The molecule has 0 bridgehead atoms. The van der Waals surface area contributed by atoms with Crippen molar-refractivity contribution in [3.63, 3.8) is 0 Å². The summed E-state index contributed by atoms with van der Waals surface area (Å²) in [5.74, 6) is 0.448. The van der Waals surface area contributed by atoms with E-state index in [1.807, 2.05) is 24.0 Å². The van der Waals surface area contributed by atoms with Gasteiger partial charge in [-0.05, 0) is 50.7 Å². The van der Waals surface area contributed by atoms with Gasteiger partial charge in [-0.2, -0.15) is 0 Å². The number of hydrogen-bond acceptors (Lipinski definition) is 3. The zero-order chi connectivity index (χ0) is 19.2. The molecule has 0 spiro atoms. The molecule has 3 aliphatic rings.